The van der Waals surface area contributed by atoms with Gasteiger partial charge in [0.05, 0.1) is 22.2 Å². The van der Waals surface area contributed by atoms with Crippen LogP contribution in [-0.2, 0) is 19.1 Å². The van der Waals surface area contributed by atoms with Gasteiger partial charge in [0.25, 0.3) is 0 Å². The van der Waals surface area contributed by atoms with Crippen LogP contribution < -0.4 is 4.74 Å². The Hall–Kier alpha value is -3.00. The zero-order chi connectivity index (χ0) is 23.3. The number of hydrogen-bond donors (Lipinski definition) is 0. The van der Waals surface area contributed by atoms with Crippen LogP contribution in [0.5, 0.6) is 5.75 Å². The van der Waals surface area contributed by atoms with E-state index in [2.05, 4.69) is 15.9 Å². The van der Waals surface area contributed by atoms with Crippen molar-refractivity contribution in [2.24, 2.45) is 23.7 Å². The summed E-state index contributed by atoms with van der Waals surface area (Å²) >= 11 is 3.56. The topological polar surface area (TPSA) is 96.0 Å². The standard InChI is InChI=1S/C25H21BrO7/c1-12-2-4-14(5-3-12)23(28)32-15-8-6-13(7-9-15)18(27)11-31-24(29)19-16-10-17-20(19)25(30)33-22(17)21(16)26/h2-9,16-17,19-22H,10-11H2,1H3/t16-,17-,19-,20-,21-,22+/m1/s1. The number of benzene rings is 2. The summed E-state index contributed by atoms with van der Waals surface area (Å²) in [4.78, 5) is 49.6. The highest BCUT2D eigenvalue weighted by atomic mass is 79.9. The zero-order valence-corrected chi connectivity index (χ0v) is 19.3. The largest absolute Gasteiger partial charge is 0.461 e. The maximum atomic E-state index is 12.7. The molecule has 2 saturated carbocycles. The number of ketones is 1. The van der Waals surface area contributed by atoms with Crippen LogP contribution in [0.2, 0.25) is 0 Å². The summed E-state index contributed by atoms with van der Waals surface area (Å²) in [5, 5.41) is 0. The first-order valence-electron chi connectivity index (χ1n) is 10.8. The van der Waals surface area contributed by atoms with Gasteiger partial charge >= 0.3 is 17.9 Å². The molecule has 1 aliphatic heterocycles. The number of aryl methyl sites for hydroxylation is 1. The van der Waals surface area contributed by atoms with Crippen molar-refractivity contribution in [2.75, 3.05) is 6.61 Å². The molecule has 5 rings (SSSR count). The lowest BCUT2D eigenvalue weighted by Crippen LogP contribution is -2.39. The number of alkyl halides is 1. The number of fused-ring (bicyclic) bond motifs is 1. The molecule has 1 saturated heterocycles. The summed E-state index contributed by atoms with van der Waals surface area (Å²) in [6.45, 7) is 1.50. The van der Waals surface area contributed by atoms with Gasteiger partial charge in [-0.05, 0) is 55.7 Å². The second-order valence-corrected chi connectivity index (χ2v) is 9.83. The summed E-state index contributed by atoms with van der Waals surface area (Å²) in [5.74, 6) is -2.51. The van der Waals surface area contributed by atoms with E-state index in [1.807, 2.05) is 19.1 Å². The van der Waals surface area contributed by atoms with Crippen molar-refractivity contribution in [1.29, 1.82) is 0 Å². The van der Waals surface area contributed by atoms with Gasteiger partial charge in [-0.3, -0.25) is 14.4 Å². The molecule has 0 unspecified atom stereocenters. The predicted molar refractivity (Wildman–Crippen MR) is 119 cm³/mol. The first-order valence-corrected chi connectivity index (χ1v) is 11.7. The maximum absolute atomic E-state index is 12.7. The predicted octanol–water partition coefficient (Wildman–Crippen LogP) is 3.51. The van der Waals surface area contributed by atoms with E-state index in [9.17, 15) is 19.2 Å². The highest BCUT2D eigenvalue weighted by Crippen LogP contribution is 2.60. The van der Waals surface area contributed by atoms with Gasteiger partial charge in [-0.15, -0.1) is 0 Å². The second kappa shape index (κ2) is 8.41. The Morgan fingerprint density at radius 3 is 2.36 bits per heavy atom. The number of carbonyl (C=O) groups excluding carboxylic acids is 4. The van der Waals surface area contributed by atoms with E-state index in [4.69, 9.17) is 14.2 Å². The minimum absolute atomic E-state index is 0.0263. The van der Waals surface area contributed by atoms with Crippen molar-refractivity contribution in [1.82, 2.24) is 0 Å². The van der Waals surface area contributed by atoms with Crippen LogP contribution in [0.25, 0.3) is 0 Å². The third kappa shape index (κ3) is 3.86. The Bertz CT molecular complexity index is 1120. The van der Waals surface area contributed by atoms with E-state index in [1.165, 1.54) is 24.3 Å². The molecule has 2 aromatic carbocycles. The van der Waals surface area contributed by atoms with Gasteiger partial charge in [0.1, 0.15) is 11.9 Å². The van der Waals surface area contributed by atoms with E-state index < -0.39 is 30.4 Å². The van der Waals surface area contributed by atoms with Gasteiger partial charge in [0.2, 0.25) is 0 Å². The lowest BCUT2D eigenvalue weighted by molar-refractivity contribution is -0.154. The third-order valence-corrected chi connectivity index (χ3v) is 8.01. The van der Waals surface area contributed by atoms with Crippen LogP contribution in [0, 0.1) is 30.6 Å². The second-order valence-electron chi connectivity index (χ2n) is 8.77. The molecule has 6 atom stereocenters. The molecule has 7 nitrogen and oxygen atoms in total. The zero-order valence-electron chi connectivity index (χ0n) is 17.7. The molecule has 2 aromatic rings. The van der Waals surface area contributed by atoms with Gasteiger partial charge in [0, 0.05) is 11.5 Å². The van der Waals surface area contributed by atoms with Gasteiger partial charge in [0.15, 0.2) is 12.4 Å². The van der Waals surface area contributed by atoms with E-state index in [0.717, 1.165) is 12.0 Å². The summed E-state index contributed by atoms with van der Waals surface area (Å²) < 4.78 is 16.0. The molecule has 2 bridgehead atoms. The summed E-state index contributed by atoms with van der Waals surface area (Å²) in [7, 11) is 0. The Kier molecular flexibility index (Phi) is 5.56. The molecule has 0 N–H and O–H groups in total. The van der Waals surface area contributed by atoms with Gasteiger partial charge in [-0.25, -0.2) is 4.79 Å². The highest BCUT2D eigenvalue weighted by molar-refractivity contribution is 9.09. The number of halogens is 1. The summed E-state index contributed by atoms with van der Waals surface area (Å²) in [6, 6.07) is 13.1. The first-order chi connectivity index (χ1) is 15.8. The molecule has 3 aliphatic rings. The quantitative estimate of drug-likeness (QED) is 0.253. The van der Waals surface area contributed by atoms with Crippen LogP contribution >= 0.6 is 15.9 Å². The maximum Gasteiger partial charge on any atom is 0.343 e. The van der Waals surface area contributed by atoms with Crippen molar-refractivity contribution in [3.8, 4) is 5.75 Å². The van der Waals surface area contributed by atoms with Crippen LogP contribution in [0.3, 0.4) is 0 Å². The molecule has 1 heterocycles. The van der Waals surface area contributed by atoms with E-state index in [1.54, 1.807) is 12.1 Å². The van der Waals surface area contributed by atoms with Crippen molar-refractivity contribution >= 4 is 39.6 Å². The minimum atomic E-state index is -0.581. The fraction of sp³-hybridized carbons (Fsp3) is 0.360. The molecule has 2 aliphatic carbocycles. The number of ether oxygens (including phenoxy) is 3. The molecule has 170 valence electrons. The van der Waals surface area contributed by atoms with Crippen molar-refractivity contribution < 1.29 is 33.4 Å². The number of Topliss-reactive ketones (excluding diaryl/α,β-unsaturated/α-hetero) is 1. The van der Waals surface area contributed by atoms with Crippen molar-refractivity contribution in [3.05, 3.63) is 65.2 Å². The van der Waals surface area contributed by atoms with Gasteiger partial charge < -0.3 is 14.2 Å². The highest BCUT2D eigenvalue weighted by Gasteiger charge is 2.68. The molecule has 8 heteroatoms. The van der Waals surface area contributed by atoms with Crippen LogP contribution in [0.4, 0.5) is 0 Å². The fourth-order valence-corrected chi connectivity index (χ4v) is 6.22. The molecule has 33 heavy (non-hydrogen) atoms. The molecule has 0 spiro atoms. The van der Waals surface area contributed by atoms with Crippen LogP contribution in [-0.4, -0.2) is 41.2 Å². The Labute approximate surface area is 198 Å². The van der Waals surface area contributed by atoms with E-state index in [-0.39, 0.29) is 34.5 Å². The van der Waals surface area contributed by atoms with Gasteiger partial charge in [-0.1, -0.05) is 33.6 Å². The minimum Gasteiger partial charge on any atom is -0.461 e. The van der Waals surface area contributed by atoms with Gasteiger partial charge in [-0.2, -0.15) is 0 Å². The molecule has 0 radical (unpaired) electrons. The van der Waals surface area contributed by atoms with E-state index >= 15 is 0 Å². The molecular formula is C25H21BrO7. The van der Waals surface area contributed by atoms with Crippen LogP contribution in [0.15, 0.2) is 48.5 Å². The Morgan fingerprint density at radius 1 is 1.00 bits per heavy atom. The van der Waals surface area contributed by atoms with Crippen molar-refractivity contribution in [3.63, 3.8) is 0 Å². The average molecular weight is 513 g/mol. The Morgan fingerprint density at radius 2 is 1.67 bits per heavy atom. The SMILES string of the molecule is Cc1ccc(C(=O)Oc2ccc(C(=O)COC(=O)[C@@H]3[C@H]4C[C@H]5[C@H](OC(=O)[C@H]53)[C@@H]4Br)cc2)cc1. The van der Waals surface area contributed by atoms with E-state index in [0.29, 0.717) is 16.9 Å². The third-order valence-electron chi connectivity index (χ3n) is 6.81. The number of hydrogen-bond acceptors (Lipinski definition) is 7. The molecule has 0 aromatic heterocycles. The number of carbonyl (C=O) groups is 4. The lowest BCUT2D eigenvalue weighted by atomic mass is 9.80. The normalized spacial score (nSPS) is 29.0. The summed E-state index contributed by atoms with van der Waals surface area (Å²) in [5.41, 5.74) is 1.79. The average Bonchev–Trinajstić information content (AvgIpc) is 3.42. The first kappa shape index (κ1) is 21.8. The molecular weight excluding hydrogens is 492 g/mol. The Balaban J connectivity index is 1.17. The smallest absolute Gasteiger partial charge is 0.343 e. The number of esters is 3. The molecule has 0 amide bonds. The molecule has 3 fully saturated rings. The summed E-state index contributed by atoms with van der Waals surface area (Å²) in [6.07, 6.45) is 0.574. The monoisotopic (exact) mass is 512 g/mol. The lowest BCUT2D eigenvalue weighted by Gasteiger charge is -2.26. The fourth-order valence-electron chi connectivity index (χ4n) is 5.18. The number of rotatable bonds is 6. The van der Waals surface area contributed by atoms with Crippen molar-refractivity contribution in [2.45, 2.75) is 24.3 Å². The van der Waals surface area contributed by atoms with Crippen LogP contribution in [0.1, 0.15) is 32.7 Å².